The molecule has 0 aromatic heterocycles. The number of imide groups is 1. The molecule has 2 amide bonds. The van der Waals surface area contributed by atoms with Crippen LogP contribution >= 0.6 is 55.2 Å². The van der Waals surface area contributed by atoms with Crippen LogP contribution in [0.3, 0.4) is 0 Å². The van der Waals surface area contributed by atoms with Crippen molar-refractivity contribution in [3.05, 3.63) is 114 Å². The van der Waals surface area contributed by atoms with E-state index in [9.17, 15) is 9.59 Å². The standard InChI is InChI=1S/C28H18Br2ClNO3S/c29-22-12-18(13-23(30)26(22)35-16-21-7-3-4-8-24(21)31)14-25-27(33)32(28(34)36-25)15-17-9-10-19-5-1-2-6-20(19)11-17/h1-14H,15-16H2/b25-14-. The number of fused-ring (bicyclic) bond motifs is 1. The summed E-state index contributed by atoms with van der Waals surface area (Å²) in [6.07, 6.45) is 1.72. The maximum Gasteiger partial charge on any atom is 0.293 e. The first-order chi connectivity index (χ1) is 17.4. The van der Waals surface area contributed by atoms with Crippen molar-refractivity contribution in [3.63, 3.8) is 0 Å². The Morgan fingerprint density at radius 1 is 0.889 bits per heavy atom. The molecule has 0 radical (unpaired) electrons. The van der Waals surface area contributed by atoms with Gasteiger partial charge in [0.15, 0.2) is 0 Å². The predicted octanol–water partition coefficient (Wildman–Crippen LogP) is 8.83. The second-order valence-electron chi connectivity index (χ2n) is 8.14. The lowest BCUT2D eigenvalue weighted by Crippen LogP contribution is -2.27. The van der Waals surface area contributed by atoms with E-state index in [0.717, 1.165) is 39.2 Å². The number of nitrogens with zero attached hydrogens (tertiary/aromatic N) is 1. The maximum atomic E-state index is 13.1. The second-order valence-corrected chi connectivity index (χ2v) is 11.3. The average molecular weight is 644 g/mol. The van der Waals surface area contributed by atoms with E-state index in [1.54, 1.807) is 6.08 Å². The van der Waals surface area contributed by atoms with Crippen molar-refractivity contribution in [3.8, 4) is 5.75 Å². The van der Waals surface area contributed by atoms with Gasteiger partial charge in [-0.2, -0.15) is 0 Å². The normalized spacial score (nSPS) is 14.8. The summed E-state index contributed by atoms with van der Waals surface area (Å²) in [4.78, 5) is 27.4. The highest BCUT2D eigenvalue weighted by Crippen LogP contribution is 2.38. The molecular weight excluding hydrogens is 626 g/mol. The van der Waals surface area contributed by atoms with Crippen LogP contribution in [0.4, 0.5) is 4.79 Å². The summed E-state index contributed by atoms with van der Waals surface area (Å²) in [7, 11) is 0. The van der Waals surface area contributed by atoms with E-state index < -0.39 is 0 Å². The average Bonchev–Trinajstić information content (AvgIpc) is 3.11. The zero-order chi connectivity index (χ0) is 25.2. The van der Waals surface area contributed by atoms with Crippen LogP contribution in [-0.4, -0.2) is 16.0 Å². The lowest BCUT2D eigenvalue weighted by Gasteiger charge is -2.13. The van der Waals surface area contributed by atoms with Crippen molar-refractivity contribution < 1.29 is 14.3 Å². The van der Waals surface area contributed by atoms with Crippen LogP contribution in [-0.2, 0) is 17.9 Å². The summed E-state index contributed by atoms with van der Waals surface area (Å²) in [5.41, 5.74) is 2.54. The third-order valence-corrected chi connectivity index (χ3v) is 8.13. The number of hydrogen-bond acceptors (Lipinski definition) is 4. The number of halogens is 3. The van der Waals surface area contributed by atoms with E-state index in [2.05, 4.69) is 31.9 Å². The van der Waals surface area contributed by atoms with E-state index in [1.165, 1.54) is 4.90 Å². The molecule has 8 heteroatoms. The van der Waals surface area contributed by atoms with Gasteiger partial charge < -0.3 is 4.74 Å². The summed E-state index contributed by atoms with van der Waals surface area (Å²) in [6.45, 7) is 0.541. The molecule has 1 aliphatic rings. The summed E-state index contributed by atoms with van der Waals surface area (Å²) in [5.74, 6) is 0.320. The van der Waals surface area contributed by atoms with Crippen LogP contribution in [0.5, 0.6) is 5.75 Å². The SMILES string of the molecule is O=C1S/C(=C\c2cc(Br)c(OCc3ccccc3Cl)c(Br)c2)C(=O)N1Cc1ccc2ccccc2c1. The molecule has 4 nitrogen and oxygen atoms in total. The van der Waals surface area contributed by atoms with Crippen molar-refractivity contribution in [2.45, 2.75) is 13.2 Å². The number of carbonyl (C=O) groups is 2. The topological polar surface area (TPSA) is 46.6 Å². The Balaban J connectivity index is 1.32. The largest absolute Gasteiger partial charge is 0.486 e. The minimum atomic E-state index is -0.301. The highest BCUT2D eigenvalue weighted by molar-refractivity contribution is 9.11. The fourth-order valence-corrected chi connectivity index (χ4v) is 6.35. The van der Waals surface area contributed by atoms with Crippen LogP contribution in [0, 0.1) is 0 Å². The minimum Gasteiger partial charge on any atom is -0.486 e. The molecule has 5 rings (SSSR count). The van der Waals surface area contributed by atoms with E-state index in [4.69, 9.17) is 16.3 Å². The highest BCUT2D eigenvalue weighted by atomic mass is 79.9. The van der Waals surface area contributed by atoms with Gasteiger partial charge in [-0.25, -0.2) is 0 Å². The van der Waals surface area contributed by atoms with Crippen molar-refractivity contribution >= 4 is 83.2 Å². The van der Waals surface area contributed by atoms with E-state index in [-0.39, 0.29) is 17.7 Å². The molecule has 1 heterocycles. The molecule has 36 heavy (non-hydrogen) atoms. The zero-order valence-corrected chi connectivity index (χ0v) is 23.5. The van der Waals surface area contributed by atoms with E-state index in [1.807, 2.05) is 78.9 Å². The molecule has 1 saturated heterocycles. The molecule has 1 fully saturated rings. The molecule has 0 atom stereocenters. The Hall–Kier alpha value is -2.58. The van der Waals surface area contributed by atoms with Crippen molar-refractivity contribution in [2.24, 2.45) is 0 Å². The molecule has 0 spiro atoms. The van der Waals surface area contributed by atoms with Gasteiger partial charge in [0.2, 0.25) is 0 Å². The number of thioether (sulfide) groups is 1. The maximum absolute atomic E-state index is 13.1. The molecule has 0 unspecified atom stereocenters. The van der Waals surface area contributed by atoms with Gasteiger partial charge in [-0.15, -0.1) is 0 Å². The zero-order valence-electron chi connectivity index (χ0n) is 18.7. The molecule has 0 N–H and O–H groups in total. The summed E-state index contributed by atoms with van der Waals surface area (Å²) in [6, 6.07) is 25.2. The third kappa shape index (κ3) is 5.39. The third-order valence-electron chi connectivity index (χ3n) is 5.68. The molecule has 1 aliphatic heterocycles. The number of amides is 2. The number of ether oxygens (including phenoxy) is 1. The Morgan fingerprint density at radius 3 is 2.33 bits per heavy atom. The Labute approximate surface area is 234 Å². The smallest absolute Gasteiger partial charge is 0.293 e. The van der Waals surface area contributed by atoms with Gasteiger partial charge >= 0.3 is 0 Å². The van der Waals surface area contributed by atoms with Crippen LogP contribution in [0.15, 0.2) is 92.7 Å². The molecular formula is C28H18Br2ClNO3S. The number of rotatable bonds is 6. The van der Waals surface area contributed by atoms with Gasteiger partial charge in [0.25, 0.3) is 11.1 Å². The van der Waals surface area contributed by atoms with Gasteiger partial charge in [0.1, 0.15) is 12.4 Å². The van der Waals surface area contributed by atoms with E-state index >= 15 is 0 Å². The Morgan fingerprint density at radius 2 is 1.58 bits per heavy atom. The first kappa shape index (κ1) is 25.1. The first-order valence-corrected chi connectivity index (χ1v) is 13.8. The van der Waals surface area contributed by atoms with Crippen molar-refractivity contribution in [2.75, 3.05) is 0 Å². The Bertz CT molecular complexity index is 1520. The quantitative estimate of drug-likeness (QED) is 0.197. The molecule has 180 valence electrons. The van der Waals surface area contributed by atoms with Crippen LogP contribution < -0.4 is 4.74 Å². The highest BCUT2D eigenvalue weighted by Gasteiger charge is 2.35. The van der Waals surface area contributed by atoms with Crippen molar-refractivity contribution in [1.82, 2.24) is 4.90 Å². The van der Waals surface area contributed by atoms with E-state index in [0.29, 0.717) is 31.2 Å². The van der Waals surface area contributed by atoms with Crippen LogP contribution in [0.1, 0.15) is 16.7 Å². The first-order valence-electron chi connectivity index (χ1n) is 11.0. The fourth-order valence-electron chi connectivity index (χ4n) is 3.87. The fraction of sp³-hybridized carbons (Fsp3) is 0.0714. The monoisotopic (exact) mass is 641 g/mol. The van der Waals surface area contributed by atoms with Crippen molar-refractivity contribution in [1.29, 1.82) is 0 Å². The second kappa shape index (κ2) is 10.8. The van der Waals surface area contributed by atoms with Gasteiger partial charge in [0.05, 0.1) is 20.4 Å². The predicted molar refractivity (Wildman–Crippen MR) is 153 cm³/mol. The lowest BCUT2D eigenvalue weighted by atomic mass is 10.1. The summed E-state index contributed by atoms with van der Waals surface area (Å²) < 4.78 is 7.41. The van der Waals surface area contributed by atoms with Gasteiger partial charge in [-0.05, 0) is 95.9 Å². The summed E-state index contributed by atoms with van der Waals surface area (Å²) in [5, 5.41) is 2.55. The molecule has 0 bridgehead atoms. The minimum absolute atomic E-state index is 0.231. The Kier molecular flexibility index (Phi) is 7.53. The number of benzene rings is 4. The number of carbonyl (C=O) groups excluding carboxylic acids is 2. The molecule has 4 aromatic rings. The lowest BCUT2D eigenvalue weighted by molar-refractivity contribution is -0.123. The van der Waals surface area contributed by atoms with Gasteiger partial charge in [-0.1, -0.05) is 66.2 Å². The van der Waals surface area contributed by atoms with Crippen LogP contribution in [0.25, 0.3) is 16.8 Å². The molecule has 0 aliphatic carbocycles. The summed E-state index contributed by atoms with van der Waals surface area (Å²) >= 11 is 14.3. The molecule has 0 saturated carbocycles. The van der Waals surface area contributed by atoms with Gasteiger partial charge in [-0.3, -0.25) is 14.5 Å². The van der Waals surface area contributed by atoms with Gasteiger partial charge in [0, 0.05) is 10.6 Å². The molecule has 4 aromatic carbocycles. The number of hydrogen-bond donors (Lipinski definition) is 0. The van der Waals surface area contributed by atoms with Crippen LogP contribution in [0.2, 0.25) is 5.02 Å².